The number of allylic oxidation sites excluding steroid dienone is 4. The second-order valence-electron chi connectivity index (χ2n) is 6.73. The molecule has 2 atom stereocenters. The zero-order valence-corrected chi connectivity index (χ0v) is 23.0. The lowest BCUT2D eigenvalue weighted by Crippen LogP contribution is -2.21. The van der Waals surface area contributed by atoms with Crippen molar-refractivity contribution in [2.45, 2.75) is 67.0 Å². The molecular formula is C28H49FN2O4. The molecule has 0 fully saturated rings. The van der Waals surface area contributed by atoms with Gasteiger partial charge in [0.2, 0.25) is 0 Å². The normalized spacial score (nSPS) is 11.7. The summed E-state index contributed by atoms with van der Waals surface area (Å²) < 4.78 is 16.5. The molecule has 0 spiro atoms. The van der Waals surface area contributed by atoms with Crippen LogP contribution >= 0.6 is 0 Å². The molecule has 0 aliphatic rings. The smallest absolute Gasteiger partial charge is 0.194 e. The maximum absolute atomic E-state index is 12.0. The Kier molecular flexibility index (Phi) is 33.0. The number of aliphatic hydroxyl groups excluding tert-OH is 2. The number of Topliss-reactive ketones (excluding diaryl/α,β-unsaturated/α-hetero) is 1. The molecule has 202 valence electrons. The van der Waals surface area contributed by atoms with Gasteiger partial charge in [0, 0.05) is 23.4 Å². The minimum absolute atomic E-state index is 0.0464. The highest BCUT2D eigenvalue weighted by Gasteiger charge is 2.10. The number of aliphatic hydroxyl groups is 2. The van der Waals surface area contributed by atoms with E-state index in [-0.39, 0.29) is 24.8 Å². The molecule has 35 heavy (non-hydrogen) atoms. The van der Waals surface area contributed by atoms with E-state index >= 15 is 0 Å². The van der Waals surface area contributed by atoms with Gasteiger partial charge >= 0.3 is 0 Å². The number of likely N-dealkylation sites (N-methyl/N-ethyl adjacent to an activating group) is 1. The standard InChI is InChI=1S/C14H17NO4.C5H11N.C4H7F.C3H8.C2H6/c1-2-10(7-15)14(18)11-4-3-5-13(6-11)19-9-12(17)8-16;1-4-5(2)6-3;1-3-4(2)5;1-3-2;1-2/h2-7,12,16-17H,1,8-9,15H2;4-6H,1H2,2-3H3;3H,1-2H3;3H2,1-2H3;1-2H3/b10-7-;;4-3+;;. The third kappa shape index (κ3) is 25.7. The number of benzene rings is 1. The zero-order valence-electron chi connectivity index (χ0n) is 23.0. The van der Waals surface area contributed by atoms with Crippen molar-refractivity contribution in [2.75, 3.05) is 20.3 Å². The predicted molar refractivity (Wildman–Crippen MR) is 148 cm³/mol. The van der Waals surface area contributed by atoms with Crippen LogP contribution in [0.2, 0.25) is 0 Å². The van der Waals surface area contributed by atoms with Gasteiger partial charge in [0.1, 0.15) is 18.5 Å². The highest BCUT2D eigenvalue weighted by molar-refractivity contribution is 6.10. The average Bonchev–Trinajstić information content (AvgIpc) is 2.89. The van der Waals surface area contributed by atoms with Crippen LogP contribution in [0.5, 0.6) is 5.75 Å². The number of hydrogen-bond donors (Lipinski definition) is 4. The van der Waals surface area contributed by atoms with E-state index in [1.54, 1.807) is 31.2 Å². The van der Waals surface area contributed by atoms with Crippen LogP contribution in [0.4, 0.5) is 4.39 Å². The minimum atomic E-state index is -0.952. The molecule has 0 aliphatic heterocycles. The van der Waals surface area contributed by atoms with Crippen molar-refractivity contribution in [3.05, 3.63) is 78.8 Å². The van der Waals surface area contributed by atoms with Crippen molar-refractivity contribution < 1.29 is 24.1 Å². The molecule has 1 aromatic carbocycles. The van der Waals surface area contributed by atoms with E-state index in [4.69, 9.17) is 15.6 Å². The molecule has 5 N–H and O–H groups in total. The zero-order chi connectivity index (χ0) is 28.2. The van der Waals surface area contributed by atoms with Gasteiger partial charge in [0.25, 0.3) is 0 Å². The Morgan fingerprint density at radius 2 is 1.80 bits per heavy atom. The van der Waals surface area contributed by atoms with Crippen molar-refractivity contribution in [2.24, 2.45) is 5.73 Å². The van der Waals surface area contributed by atoms with E-state index in [0.29, 0.717) is 22.9 Å². The number of halogens is 1. The fraction of sp³-hybridized carbons (Fsp3) is 0.464. The van der Waals surface area contributed by atoms with E-state index in [9.17, 15) is 14.3 Å². The first-order valence-electron chi connectivity index (χ1n) is 11.8. The molecule has 0 amide bonds. The number of ketones is 1. The Labute approximate surface area is 213 Å². The lowest BCUT2D eigenvalue weighted by molar-refractivity contribution is 0.0536. The third-order valence-corrected chi connectivity index (χ3v) is 3.62. The van der Waals surface area contributed by atoms with E-state index in [1.165, 1.54) is 31.7 Å². The van der Waals surface area contributed by atoms with Crippen molar-refractivity contribution in [3.8, 4) is 5.75 Å². The Bertz CT molecular complexity index is 715. The molecule has 0 aromatic heterocycles. The Morgan fingerprint density at radius 3 is 2.11 bits per heavy atom. The number of carbonyl (C=O) groups excluding carboxylic acids is 1. The number of nitrogens with one attached hydrogen (secondary N) is 1. The molecular weight excluding hydrogens is 447 g/mol. The van der Waals surface area contributed by atoms with Gasteiger partial charge in [-0.25, -0.2) is 4.39 Å². The largest absolute Gasteiger partial charge is 0.491 e. The van der Waals surface area contributed by atoms with Crippen molar-refractivity contribution in [1.29, 1.82) is 0 Å². The van der Waals surface area contributed by atoms with Gasteiger partial charge in [-0.2, -0.15) is 0 Å². The summed E-state index contributed by atoms with van der Waals surface area (Å²) in [5.41, 5.74) is 6.04. The summed E-state index contributed by atoms with van der Waals surface area (Å²) in [4.78, 5) is 12.0. The van der Waals surface area contributed by atoms with E-state index in [2.05, 4.69) is 32.3 Å². The molecule has 0 aliphatic carbocycles. The molecule has 0 bridgehead atoms. The van der Waals surface area contributed by atoms with E-state index in [1.807, 2.05) is 33.9 Å². The molecule has 0 radical (unpaired) electrons. The van der Waals surface area contributed by atoms with Gasteiger partial charge in [-0.1, -0.05) is 71.1 Å². The van der Waals surface area contributed by atoms with Crippen LogP contribution in [0.3, 0.4) is 0 Å². The Hall–Kier alpha value is -2.74. The van der Waals surface area contributed by atoms with Crippen LogP contribution in [0.15, 0.2) is 73.3 Å². The predicted octanol–water partition coefficient (Wildman–Crippen LogP) is 5.73. The first-order valence-corrected chi connectivity index (χ1v) is 11.8. The lowest BCUT2D eigenvalue weighted by Gasteiger charge is -2.10. The fourth-order valence-electron chi connectivity index (χ4n) is 1.49. The summed E-state index contributed by atoms with van der Waals surface area (Å²) in [5.74, 6) is 0.0504. The van der Waals surface area contributed by atoms with Gasteiger partial charge in [-0.3, -0.25) is 4.79 Å². The van der Waals surface area contributed by atoms with Crippen LogP contribution in [0.1, 0.15) is 65.2 Å². The molecule has 0 saturated carbocycles. The van der Waals surface area contributed by atoms with Gasteiger partial charge in [0.15, 0.2) is 5.78 Å². The van der Waals surface area contributed by atoms with Crippen LogP contribution < -0.4 is 15.8 Å². The van der Waals surface area contributed by atoms with Gasteiger partial charge in [0.05, 0.1) is 12.4 Å². The summed E-state index contributed by atoms with van der Waals surface area (Å²) in [6.45, 7) is 20.0. The van der Waals surface area contributed by atoms with Gasteiger partial charge in [-0.05, 0) is 40.0 Å². The molecule has 0 saturated heterocycles. The maximum Gasteiger partial charge on any atom is 0.194 e. The first-order chi connectivity index (χ1) is 16.6. The Morgan fingerprint density at radius 1 is 1.29 bits per heavy atom. The third-order valence-electron chi connectivity index (χ3n) is 3.62. The van der Waals surface area contributed by atoms with E-state index in [0.717, 1.165) is 0 Å². The number of rotatable bonds is 9. The SMILES string of the molecule is C/C=C(\C)F.C=C/C(=C/N)C(=O)c1cccc(OCC(O)CO)c1.C=CC(C)NC.CC.CCC. The maximum atomic E-state index is 12.0. The molecule has 0 heterocycles. The highest BCUT2D eigenvalue weighted by atomic mass is 19.1. The lowest BCUT2D eigenvalue weighted by atomic mass is 10.0. The van der Waals surface area contributed by atoms with Crippen molar-refractivity contribution in [1.82, 2.24) is 5.32 Å². The van der Waals surface area contributed by atoms with Crippen molar-refractivity contribution >= 4 is 5.78 Å². The number of nitrogens with two attached hydrogens (primary N) is 1. The summed E-state index contributed by atoms with van der Waals surface area (Å²) >= 11 is 0. The quantitative estimate of drug-likeness (QED) is 0.151. The van der Waals surface area contributed by atoms with E-state index < -0.39 is 6.10 Å². The number of carbonyl (C=O) groups is 1. The highest BCUT2D eigenvalue weighted by Crippen LogP contribution is 2.16. The van der Waals surface area contributed by atoms with Crippen LogP contribution in [-0.2, 0) is 0 Å². The molecule has 1 rings (SSSR count). The summed E-state index contributed by atoms with van der Waals surface area (Å²) in [6, 6.07) is 6.93. The van der Waals surface area contributed by atoms with Crippen molar-refractivity contribution in [3.63, 3.8) is 0 Å². The minimum Gasteiger partial charge on any atom is -0.491 e. The molecule has 7 heteroatoms. The fourth-order valence-corrected chi connectivity index (χ4v) is 1.49. The average molecular weight is 497 g/mol. The van der Waals surface area contributed by atoms with Crippen LogP contribution in [-0.4, -0.2) is 48.4 Å². The van der Waals surface area contributed by atoms with Gasteiger partial charge < -0.3 is 26.0 Å². The Balaban J connectivity index is -0.000000246. The second kappa shape index (κ2) is 29.3. The summed E-state index contributed by atoms with van der Waals surface area (Å²) in [7, 11) is 1.91. The number of ether oxygens (including phenoxy) is 1. The van der Waals surface area contributed by atoms with Crippen LogP contribution in [0.25, 0.3) is 0 Å². The monoisotopic (exact) mass is 496 g/mol. The molecule has 1 aromatic rings. The van der Waals surface area contributed by atoms with Crippen LogP contribution in [0, 0.1) is 0 Å². The number of hydrogen-bond acceptors (Lipinski definition) is 6. The first kappa shape index (κ1) is 39.5. The topological polar surface area (TPSA) is 105 Å². The summed E-state index contributed by atoms with van der Waals surface area (Å²) in [6.07, 6.45) is 6.15. The molecule has 6 nitrogen and oxygen atoms in total. The molecule has 2 unspecified atom stereocenters. The second-order valence-corrected chi connectivity index (χ2v) is 6.73. The summed E-state index contributed by atoms with van der Waals surface area (Å²) in [5, 5.41) is 20.9. The van der Waals surface area contributed by atoms with Gasteiger partial charge in [-0.15, -0.1) is 6.58 Å².